The average Bonchev–Trinajstić information content (AvgIpc) is 2.66. The van der Waals surface area contributed by atoms with Gasteiger partial charge < -0.3 is 20.3 Å². The standard InChI is InChI=1S/C20H29FN6O2S/c1-13(2)11-16(17(28)29-5)23-19-24-18(22-15-8-6-7-14(21)12-15)25-20(26-19)30-10-9-27(3)4/h6-8,12-13,16H,9-11H2,1-5H3,(H2,22,23,24,25,26)/t16-/m0/s1. The van der Waals surface area contributed by atoms with Crippen molar-refractivity contribution >= 4 is 35.3 Å². The molecule has 0 bridgehead atoms. The van der Waals surface area contributed by atoms with Gasteiger partial charge in [0.1, 0.15) is 11.9 Å². The zero-order chi connectivity index (χ0) is 22.1. The van der Waals surface area contributed by atoms with E-state index in [1.807, 2.05) is 27.9 Å². The fourth-order valence-corrected chi connectivity index (χ4v) is 3.48. The number of nitrogens with one attached hydrogen (secondary N) is 2. The minimum absolute atomic E-state index is 0.257. The van der Waals surface area contributed by atoms with E-state index in [9.17, 15) is 9.18 Å². The molecular weight excluding hydrogens is 407 g/mol. The van der Waals surface area contributed by atoms with Gasteiger partial charge in [0.15, 0.2) is 5.16 Å². The van der Waals surface area contributed by atoms with Crippen LogP contribution in [0.1, 0.15) is 20.3 Å². The largest absolute Gasteiger partial charge is 0.467 e. The van der Waals surface area contributed by atoms with Gasteiger partial charge in [-0.1, -0.05) is 31.7 Å². The number of carbonyl (C=O) groups is 1. The number of nitrogens with zero attached hydrogens (tertiary/aromatic N) is 4. The molecule has 2 N–H and O–H groups in total. The summed E-state index contributed by atoms with van der Waals surface area (Å²) in [4.78, 5) is 27.5. The van der Waals surface area contributed by atoms with E-state index in [2.05, 4.69) is 30.5 Å². The highest BCUT2D eigenvalue weighted by Crippen LogP contribution is 2.21. The number of methoxy groups -OCH3 is 1. The monoisotopic (exact) mass is 436 g/mol. The zero-order valence-electron chi connectivity index (χ0n) is 18.0. The van der Waals surface area contributed by atoms with Crippen molar-refractivity contribution in [2.24, 2.45) is 5.92 Å². The normalized spacial score (nSPS) is 12.1. The third kappa shape index (κ3) is 8.11. The Morgan fingerprint density at radius 2 is 1.97 bits per heavy atom. The summed E-state index contributed by atoms with van der Waals surface area (Å²) in [6.07, 6.45) is 0.564. The first-order valence-electron chi connectivity index (χ1n) is 9.67. The van der Waals surface area contributed by atoms with E-state index in [0.717, 1.165) is 12.3 Å². The van der Waals surface area contributed by atoms with E-state index in [-0.39, 0.29) is 29.6 Å². The highest BCUT2D eigenvalue weighted by Gasteiger charge is 2.22. The van der Waals surface area contributed by atoms with Crippen LogP contribution in [0, 0.1) is 11.7 Å². The quantitative estimate of drug-likeness (QED) is 0.406. The molecule has 0 amide bonds. The van der Waals surface area contributed by atoms with Gasteiger partial charge in [0, 0.05) is 18.0 Å². The van der Waals surface area contributed by atoms with Gasteiger partial charge in [-0.05, 0) is 44.6 Å². The van der Waals surface area contributed by atoms with Gasteiger partial charge in [-0.25, -0.2) is 9.18 Å². The molecule has 0 fully saturated rings. The lowest BCUT2D eigenvalue weighted by atomic mass is 10.0. The predicted molar refractivity (Wildman–Crippen MR) is 118 cm³/mol. The summed E-state index contributed by atoms with van der Waals surface area (Å²) < 4.78 is 18.4. The topological polar surface area (TPSA) is 92.3 Å². The van der Waals surface area contributed by atoms with E-state index in [0.29, 0.717) is 17.3 Å². The Labute approximate surface area is 181 Å². The number of esters is 1. The molecule has 2 aromatic rings. The zero-order valence-corrected chi connectivity index (χ0v) is 18.8. The molecule has 2 rings (SSSR count). The molecule has 0 unspecified atom stereocenters. The van der Waals surface area contributed by atoms with Crippen LogP contribution in [-0.2, 0) is 9.53 Å². The van der Waals surface area contributed by atoms with Crippen LogP contribution >= 0.6 is 11.8 Å². The SMILES string of the molecule is COC(=O)[C@H](CC(C)C)Nc1nc(Nc2cccc(F)c2)nc(SCCN(C)C)n1. The Morgan fingerprint density at radius 1 is 1.23 bits per heavy atom. The Kier molecular flexibility index (Phi) is 9.25. The van der Waals surface area contributed by atoms with Crippen LogP contribution in [0.4, 0.5) is 22.0 Å². The summed E-state index contributed by atoms with van der Waals surface area (Å²) in [6, 6.07) is 5.45. The molecule has 8 nitrogen and oxygen atoms in total. The molecule has 0 aliphatic carbocycles. The van der Waals surface area contributed by atoms with Gasteiger partial charge in [0.25, 0.3) is 0 Å². The first-order valence-corrected chi connectivity index (χ1v) is 10.7. The number of rotatable bonds is 11. The molecule has 0 aliphatic rings. The van der Waals surface area contributed by atoms with Crippen molar-refractivity contribution in [3.05, 3.63) is 30.1 Å². The minimum atomic E-state index is -0.584. The van der Waals surface area contributed by atoms with Gasteiger partial charge in [0.2, 0.25) is 11.9 Å². The molecule has 1 aromatic carbocycles. The summed E-state index contributed by atoms with van der Waals surface area (Å²) in [5.74, 6) is 0.817. The maximum atomic E-state index is 13.5. The number of hydrogen-bond donors (Lipinski definition) is 2. The van der Waals surface area contributed by atoms with Crippen molar-refractivity contribution in [2.45, 2.75) is 31.5 Å². The first-order chi connectivity index (χ1) is 14.3. The number of benzene rings is 1. The molecule has 0 saturated carbocycles. The van der Waals surface area contributed by atoms with Crippen molar-refractivity contribution in [3.63, 3.8) is 0 Å². The highest BCUT2D eigenvalue weighted by atomic mass is 32.2. The number of hydrogen-bond acceptors (Lipinski definition) is 9. The second-order valence-electron chi connectivity index (χ2n) is 7.40. The van der Waals surface area contributed by atoms with Crippen LogP contribution < -0.4 is 10.6 Å². The number of ether oxygens (including phenoxy) is 1. The van der Waals surface area contributed by atoms with Gasteiger partial charge in [-0.2, -0.15) is 15.0 Å². The van der Waals surface area contributed by atoms with Crippen LogP contribution in [-0.4, -0.2) is 65.4 Å². The second kappa shape index (κ2) is 11.7. The molecular formula is C20H29FN6O2S. The summed E-state index contributed by atoms with van der Waals surface area (Å²) in [6.45, 7) is 4.89. The lowest BCUT2D eigenvalue weighted by molar-refractivity contribution is -0.141. The van der Waals surface area contributed by atoms with Gasteiger partial charge in [0.05, 0.1) is 7.11 Å². The van der Waals surface area contributed by atoms with Crippen LogP contribution in [0.3, 0.4) is 0 Å². The van der Waals surface area contributed by atoms with E-state index < -0.39 is 6.04 Å². The van der Waals surface area contributed by atoms with Crippen molar-refractivity contribution in [1.29, 1.82) is 0 Å². The average molecular weight is 437 g/mol. The van der Waals surface area contributed by atoms with Crippen molar-refractivity contribution in [1.82, 2.24) is 19.9 Å². The highest BCUT2D eigenvalue weighted by molar-refractivity contribution is 7.99. The molecule has 164 valence electrons. The number of thioether (sulfide) groups is 1. The smallest absolute Gasteiger partial charge is 0.328 e. The Balaban J connectivity index is 2.28. The number of aromatic nitrogens is 3. The van der Waals surface area contributed by atoms with Gasteiger partial charge in [-0.3, -0.25) is 0 Å². The summed E-state index contributed by atoms with van der Waals surface area (Å²) in [7, 11) is 5.33. The summed E-state index contributed by atoms with van der Waals surface area (Å²) >= 11 is 1.47. The molecule has 0 spiro atoms. The summed E-state index contributed by atoms with van der Waals surface area (Å²) in [5, 5.41) is 6.56. The van der Waals surface area contributed by atoms with Crippen molar-refractivity contribution < 1.29 is 13.9 Å². The Hall–Kier alpha value is -2.46. The van der Waals surface area contributed by atoms with Gasteiger partial charge >= 0.3 is 5.97 Å². The van der Waals surface area contributed by atoms with E-state index >= 15 is 0 Å². The molecule has 30 heavy (non-hydrogen) atoms. The minimum Gasteiger partial charge on any atom is -0.467 e. The molecule has 0 radical (unpaired) electrons. The lowest BCUT2D eigenvalue weighted by Gasteiger charge is -2.19. The predicted octanol–water partition coefficient (Wildman–Crippen LogP) is 3.41. The lowest BCUT2D eigenvalue weighted by Crippen LogP contribution is -2.33. The number of halogens is 1. The van der Waals surface area contributed by atoms with Crippen LogP contribution in [0.5, 0.6) is 0 Å². The molecule has 0 saturated heterocycles. The maximum absolute atomic E-state index is 13.5. The Morgan fingerprint density at radius 3 is 2.60 bits per heavy atom. The molecule has 1 heterocycles. The molecule has 10 heteroatoms. The number of carbonyl (C=O) groups excluding carboxylic acids is 1. The second-order valence-corrected chi connectivity index (χ2v) is 8.46. The summed E-state index contributed by atoms with van der Waals surface area (Å²) in [5.41, 5.74) is 0.517. The van der Waals surface area contributed by atoms with Crippen molar-refractivity contribution in [3.8, 4) is 0 Å². The number of anilines is 3. The third-order valence-electron chi connectivity index (χ3n) is 3.96. The first kappa shape index (κ1) is 23.8. The van der Waals surface area contributed by atoms with Crippen molar-refractivity contribution in [2.75, 3.05) is 44.1 Å². The molecule has 1 atom stereocenters. The van der Waals surface area contributed by atoms with Crippen LogP contribution in [0.15, 0.2) is 29.4 Å². The van der Waals surface area contributed by atoms with E-state index in [4.69, 9.17) is 4.74 Å². The fourth-order valence-electron chi connectivity index (χ4n) is 2.54. The van der Waals surface area contributed by atoms with Crippen LogP contribution in [0.2, 0.25) is 0 Å². The molecule has 0 aliphatic heterocycles. The van der Waals surface area contributed by atoms with E-state index in [1.165, 1.54) is 31.0 Å². The third-order valence-corrected chi connectivity index (χ3v) is 4.79. The fraction of sp³-hybridized carbons (Fsp3) is 0.500. The Bertz CT molecular complexity index is 837. The molecule has 1 aromatic heterocycles. The van der Waals surface area contributed by atoms with Gasteiger partial charge in [-0.15, -0.1) is 0 Å². The van der Waals surface area contributed by atoms with Crippen LogP contribution in [0.25, 0.3) is 0 Å². The maximum Gasteiger partial charge on any atom is 0.328 e. The van der Waals surface area contributed by atoms with E-state index in [1.54, 1.807) is 12.1 Å².